The van der Waals surface area contributed by atoms with Gasteiger partial charge in [-0.3, -0.25) is 0 Å². The second kappa shape index (κ2) is 5.02. The number of pyridine rings is 1. The summed E-state index contributed by atoms with van der Waals surface area (Å²) in [6, 6.07) is 10.5. The lowest BCUT2D eigenvalue weighted by Crippen LogP contribution is -2.00. The third-order valence-corrected chi connectivity index (χ3v) is 3.45. The molecule has 0 radical (unpaired) electrons. The molecule has 0 amide bonds. The van der Waals surface area contributed by atoms with Crippen LogP contribution in [0.2, 0.25) is 0 Å². The van der Waals surface area contributed by atoms with Gasteiger partial charge in [0.1, 0.15) is 5.82 Å². The molecule has 1 aliphatic heterocycles. The van der Waals surface area contributed by atoms with Crippen molar-refractivity contribution in [3.8, 4) is 0 Å². The Hall–Kier alpha value is -1.87. The van der Waals surface area contributed by atoms with Crippen LogP contribution in [0.15, 0.2) is 36.5 Å². The monoisotopic (exact) mass is 254 g/mol. The highest BCUT2D eigenvalue weighted by molar-refractivity contribution is 5.61. The molecule has 2 heterocycles. The normalized spacial score (nSPS) is 13.6. The number of ether oxygens (including phenoxy) is 1. The van der Waals surface area contributed by atoms with E-state index in [-0.39, 0.29) is 0 Å². The number of nitrogens with zero attached hydrogens (tertiary/aromatic N) is 1. The van der Waals surface area contributed by atoms with Gasteiger partial charge >= 0.3 is 0 Å². The van der Waals surface area contributed by atoms with E-state index in [4.69, 9.17) is 4.74 Å². The maximum absolute atomic E-state index is 5.44. The van der Waals surface area contributed by atoms with Gasteiger partial charge in [0.2, 0.25) is 0 Å². The van der Waals surface area contributed by atoms with Crippen LogP contribution >= 0.6 is 0 Å². The quantitative estimate of drug-likeness (QED) is 0.899. The van der Waals surface area contributed by atoms with E-state index < -0.39 is 0 Å². The summed E-state index contributed by atoms with van der Waals surface area (Å²) >= 11 is 0. The van der Waals surface area contributed by atoms with Crippen LogP contribution in [0.1, 0.15) is 36.5 Å². The minimum absolute atomic E-state index is 0.453. The molecule has 0 aliphatic carbocycles. The number of hydrogen-bond donors (Lipinski definition) is 1. The predicted octanol–water partition coefficient (Wildman–Crippen LogP) is 3.98. The molecule has 0 spiro atoms. The Balaban J connectivity index is 1.89. The predicted molar refractivity (Wildman–Crippen MR) is 76.5 cm³/mol. The fraction of sp³-hybridized carbons (Fsp3) is 0.312. The van der Waals surface area contributed by atoms with E-state index in [0.717, 1.165) is 18.1 Å². The summed E-state index contributed by atoms with van der Waals surface area (Å²) in [6.07, 6.45) is 1.82. The molecule has 0 saturated heterocycles. The summed E-state index contributed by atoms with van der Waals surface area (Å²) in [5, 5.41) is 3.42. The highest BCUT2D eigenvalue weighted by Gasteiger charge is 2.12. The van der Waals surface area contributed by atoms with Gasteiger partial charge in [-0.25, -0.2) is 4.98 Å². The van der Waals surface area contributed by atoms with Crippen LogP contribution in [0.25, 0.3) is 0 Å². The van der Waals surface area contributed by atoms with Gasteiger partial charge in [-0.1, -0.05) is 26.0 Å². The minimum Gasteiger partial charge on any atom is -0.372 e. The van der Waals surface area contributed by atoms with Gasteiger partial charge in [-0.05, 0) is 40.8 Å². The number of benzene rings is 1. The smallest absolute Gasteiger partial charge is 0.133 e. The van der Waals surface area contributed by atoms with E-state index in [2.05, 4.69) is 48.4 Å². The molecule has 2 aromatic rings. The van der Waals surface area contributed by atoms with E-state index in [1.165, 1.54) is 16.7 Å². The zero-order chi connectivity index (χ0) is 13.2. The lowest BCUT2D eigenvalue weighted by Gasteiger charge is -2.13. The molecule has 1 aromatic carbocycles. The standard InChI is InChI=1S/C16H18N2O/c1-11(2)15-4-3-7-17-16(15)18-14-6-5-12-9-19-10-13(12)8-14/h3-8,11H,9-10H2,1-2H3,(H,17,18). The number of aromatic nitrogens is 1. The van der Waals surface area contributed by atoms with E-state index >= 15 is 0 Å². The molecular weight excluding hydrogens is 236 g/mol. The number of anilines is 2. The second-order valence-electron chi connectivity index (χ2n) is 5.20. The number of nitrogens with one attached hydrogen (secondary N) is 1. The van der Waals surface area contributed by atoms with Crippen molar-refractivity contribution in [3.63, 3.8) is 0 Å². The second-order valence-corrected chi connectivity index (χ2v) is 5.20. The first-order valence-electron chi connectivity index (χ1n) is 6.65. The van der Waals surface area contributed by atoms with E-state index in [1.54, 1.807) is 0 Å². The summed E-state index contributed by atoms with van der Waals surface area (Å²) in [5.41, 5.74) is 4.87. The van der Waals surface area contributed by atoms with Crippen molar-refractivity contribution >= 4 is 11.5 Å². The molecule has 0 fully saturated rings. The summed E-state index contributed by atoms with van der Waals surface area (Å²) in [7, 11) is 0. The fourth-order valence-corrected chi connectivity index (χ4v) is 2.37. The molecule has 0 atom stereocenters. The zero-order valence-electron chi connectivity index (χ0n) is 11.3. The van der Waals surface area contributed by atoms with Crippen molar-refractivity contribution in [1.82, 2.24) is 4.98 Å². The molecule has 0 unspecified atom stereocenters. The van der Waals surface area contributed by atoms with Gasteiger partial charge < -0.3 is 10.1 Å². The summed E-state index contributed by atoms with van der Waals surface area (Å²) < 4.78 is 5.44. The SMILES string of the molecule is CC(C)c1cccnc1Nc1ccc2c(c1)COC2. The Morgan fingerprint density at radius 2 is 2.00 bits per heavy atom. The highest BCUT2D eigenvalue weighted by atomic mass is 16.5. The first-order chi connectivity index (χ1) is 9.24. The molecule has 0 bridgehead atoms. The maximum atomic E-state index is 5.44. The van der Waals surface area contributed by atoms with Crippen molar-refractivity contribution in [2.45, 2.75) is 33.0 Å². The average molecular weight is 254 g/mol. The molecular formula is C16H18N2O. The molecule has 0 saturated carbocycles. The first kappa shape index (κ1) is 12.2. The van der Waals surface area contributed by atoms with Crippen molar-refractivity contribution in [1.29, 1.82) is 0 Å². The molecule has 3 rings (SSSR count). The van der Waals surface area contributed by atoms with Crippen LogP contribution in [-0.4, -0.2) is 4.98 Å². The number of rotatable bonds is 3. The maximum Gasteiger partial charge on any atom is 0.133 e. The van der Waals surface area contributed by atoms with Crippen LogP contribution in [0.4, 0.5) is 11.5 Å². The average Bonchev–Trinajstić information content (AvgIpc) is 2.86. The van der Waals surface area contributed by atoms with Crippen molar-refractivity contribution in [2.75, 3.05) is 5.32 Å². The molecule has 3 heteroatoms. The Kier molecular flexibility index (Phi) is 3.22. The van der Waals surface area contributed by atoms with E-state index in [9.17, 15) is 0 Å². The van der Waals surface area contributed by atoms with Crippen LogP contribution < -0.4 is 5.32 Å². The van der Waals surface area contributed by atoms with Gasteiger partial charge in [0.15, 0.2) is 0 Å². The highest BCUT2D eigenvalue weighted by Crippen LogP contribution is 2.28. The molecule has 1 aromatic heterocycles. The van der Waals surface area contributed by atoms with Gasteiger partial charge in [0.25, 0.3) is 0 Å². The van der Waals surface area contributed by atoms with Crippen molar-refractivity contribution in [2.24, 2.45) is 0 Å². The molecule has 98 valence electrons. The van der Waals surface area contributed by atoms with E-state index in [0.29, 0.717) is 12.5 Å². The Morgan fingerprint density at radius 1 is 1.16 bits per heavy atom. The zero-order valence-corrected chi connectivity index (χ0v) is 11.3. The first-order valence-corrected chi connectivity index (χ1v) is 6.65. The van der Waals surface area contributed by atoms with E-state index in [1.807, 2.05) is 12.3 Å². The Bertz CT molecular complexity index is 593. The van der Waals surface area contributed by atoms with Gasteiger partial charge in [0, 0.05) is 11.9 Å². The number of hydrogen-bond acceptors (Lipinski definition) is 3. The molecule has 3 nitrogen and oxygen atoms in total. The summed E-state index contributed by atoms with van der Waals surface area (Å²) in [6.45, 7) is 5.80. The fourth-order valence-electron chi connectivity index (χ4n) is 2.37. The third kappa shape index (κ3) is 2.47. The largest absolute Gasteiger partial charge is 0.372 e. The van der Waals surface area contributed by atoms with Gasteiger partial charge in [0.05, 0.1) is 13.2 Å². The Morgan fingerprint density at radius 3 is 2.84 bits per heavy atom. The molecule has 19 heavy (non-hydrogen) atoms. The van der Waals surface area contributed by atoms with Gasteiger partial charge in [-0.2, -0.15) is 0 Å². The number of fused-ring (bicyclic) bond motifs is 1. The van der Waals surface area contributed by atoms with Crippen molar-refractivity contribution in [3.05, 3.63) is 53.2 Å². The lowest BCUT2D eigenvalue weighted by atomic mass is 10.0. The molecule has 1 aliphatic rings. The minimum atomic E-state index is 0.453. The lowest BCUT2D eigenvalue weighted by molar-refractivity contribution is 0.134. The Labute approximate surface area is 113 Å². The summed E-state index contributed by atoms with van der Waals surface area (Å²) in [5.74, 6) is 1.39. The van der Waals surface area contributed by atoms with Gasteiger partial charge in [-0.15, -0.1) is 0 Å². The third-order valence-electron chi connectivity index (χ3n) is 3.45. The topological polar surface area (TPSA) is 34.2 Å². The van der Waals surface area contributed by atoms with Crippen molar-refractivity contribution < 1.29 is 4.74 Å². The molecule has 1 N–H and O–H groups in total. The summed E-state index contributed by atoms with van der Waals surface area (Å²) in [4.78, 5) is 4.45. The van der Waals surface area contributed by atoms with Crippen LogP contribution in [0.5, 0.6) is 0 Å². The van der Waals surface area contributed by atoms with Crippen LogP contribution in [0.3, 0.4) is 0 Å². The van der Waals surface area contributed by atoms with Crippen LogP contribution in [0, 0.1) is 0 Å². The van der Waals surface area contributed by atoms with Crippen LogP contribution in [-0.2, 0) is 18.0 Å².